The lowest BCUT2D eigenvalue weighted by Crippen LogP contribution is -2.19. The number of esters is 2. The van der Waals surface area contributed by atoms with E-state index in [1.165, 1.54) is 31.7 Å². The number of carbonyl (C=O) groups is 2. The molecule has 7 heteroatoms. The number of carbonyl (C=O) groups excluding carboxylic acids is 2. The first-order valence-electron chi connectivity index (χ1n) is 10.5. The van der Waals surface area contributed by atoms with E-state index in [2.05, 4.69) is 18.2 Å². The number of ether oxygens (including phenoxy) is 2. The van der Waals surface area contributed by atoms with Crippen molar-refractivity contribution in [3.05, 3.63) is 47.3 Å². The topological polar surface area (TPSA) is 52.6 Å². The van der Waals surface area contributed by atoms with E-state index >= 15 is 0 Å². The van der Waals surface area contributed by atoms with Crippen molar-refractivity contribution >= 4 is 11.9 Å². The number of rotatable bonds is 10. The number of unbranched alkanes of at least 4 members (excludes halogenated alkanes) is 2. The van der Waals surface area contributed by atoms with E-state index in [0.717, 1.165) is 31.7 Å². The van der Waals surface area contributed by atoms with E-state index in [4.69, 9.17) is 4.74 Å². The summed E-state index contributed by atoms with van der Waals surface area (Å²) in [6.07, 6.45) is 8.40. The van der Waals surface area contributed by atoms with Crippen LogP contribution in [-0.4, -0.2) is 25.2 Å². The molecular weight excluding hydrogens is 397 g/mol. The van der Waals surface area contributed by atoms with Crippen LogP contribution in [0.5, 0.6) is 0 Å². The maximum atomic E-state index is 15.0. The van der Waals surface area contributed by atoms with Gasteiger partial charge in [-0.3, -0.25) is 0 Å². The highest BCUT2D eigenvalue weighted by atomic mass is 19.1. The molecule has 1 fully saturated rings. The maximum Gasteiger partial charge on any atom is 0.366 e. The van der Waals surface area contributed by atoms with Crippen LogP contribution in [0.4, 0.5) is 13.2 Å². The molecule has 0 unspecified atom stereocenters. The van der Waals surface area contributed by atoms with Gasteiger partial charge in [0.1, 0.15) is 30.4 Å². The third-order valence-electron chi connectivity index (χ3n) is 5.60. The SMILES string of the molecule is C=C(F)C(=O)OCCOC(=O)c1c(F)ccc(C2CCC(CCCCC)CC2)c1F. The van der Waals surface area contributed by atoms with Crippen LogP contribution in [0.2, 0.25) is 0 Å². The van der Waals surface area contributed by atoms with E-state index in [0.29, 0.717) is 11.5 Å². The average molecular weight is 426 g/mol. The third-order valence-corrected chi connectivity index (χ3v) is 5.60. The van der Waals surface area contributed by atoms with Gasteiger partial charge in [-0.2, -0.15) is 4.39 Å². The monoisotopic (exact) mass is 426 g/mol. The van der Waals surface area contributed by atoms with Gasteiger partial charge >= 0.3 is 11.9 Å². The quantitative estimate of drug-likeness (QED) is 0.261. The fraction of sp³-hybridized carbons (Fsp3) is 0.565. The number of hydrogen-bond acceptors (Lipinski definition) is 4. The highest BCUT2D eigenvalue weighted by molar-refractivity contribution is 5.90. The Kier molecular flexibility index (Phi) is 9.40. The van der Waals surface area contributed by atoms with E-state index in [-0.39, 0.29) is 5.92 Å². The summed E-state index contributed by atoms with van der Waals surface area (Å²) in [5.74, 6) is -5.08. The molecule has 0 radical (unpaired) electrons. The molecule has 4 nitrogen and oxygen atoms in total. The van der Waals surface area contributed by atoms with Crippen LogP contribution in [0.3, 0.4) is 0 Å². The van der Waals surface area contributed by atoms with Gasteiger partial charge in [-0.1, -0.05) is 45.3 Å². The van der Waals surface area contributed by atoms with Gasteiger partial charge in [0.25, 0.3) is 0 Å². The molecule has 0 heterocycles. The summed E-state index contributed by atoms with van der Waals surface area (Å²) in [6.45, 7) is 4.04. The van der Waals surface area contributed by atoms with E-state index in [1.54, 1.807) is 0 Å². The Morgan fingerprint density at radius 1 is 1.07 bits per heavy atom. The van der Waals surface area contributed by atoms with Crippen molar-refractivity contribution in [3.8, 4) is 0 Å². The van der Waals surface area contributed by atoms with Gasteiger partial charge in [-0.15, -0.1) is 0 Å². The Morgan fingerprint density at radius 2 is 1.73 bits per heavy atom. The third kappa shape index (κ3) is 6.61. The lowest BCUT2D eigenvalue weighted by Gasteiger charge is -2.29. The highest BCUT2D eigenvalue weighted by Crippen LogP contribution is 2.39. The zero-order chi connectivity index (χ0) is 22.1. The molecule has 2 rings (SSSR count). The Labute approximate surface area is 175 Å². The molecule has 1 aliphatic carbocycles. The van der Waals surface area contributed by atoms with E-state index in [1.807, 2.05) is 0 Å². The summed E-state index contributed by atoms with van der Waals surface area (Å²) in [4.78, 5) is 23.1. The van der Waals surface area contributed by atoms with Crippen molar-refractivity contribution in [1.29, 1.82) is 0 Å². The van der Waals surface area contributed by atoms with Gasteiger partial charge < -0.3 is 9.47 Å². The molecule has 0 aromatic heterocycles. The van der Waals surface area contributed by atoms with Gasteiger partial charge in [-0.25, -0.2) is 18.4 Å². The predicted octanol–water partition coefficient (Wildman–Crippen LogP) is 6.00. The summed E-state index contributed by atoms with van der Waals surface area (Å²) in [6, 6.07) is 2.48. The first-order valence-corrected chi connectivity index (χ1v) is 10.5. The number of hydrogen-bond donors (Lipinski definition) is 0. The van der Waals surface area contributed by atoms with Crippen LogP contribution in [0.1, 0.15) is 80.1 Å². The molecule has 1 saturated carbocycles. The predicted molar refractivity (Wildman–Crippen MR) is 107 cm³/mol. The normalized spacial score (nSPS) is 18.7. The first kappa shape index (κ1) is 24.0. The molecule has 1 aromatic rings. The lowest BCUT2D eigenvalue weighted by atomic mass is 9.76. The minimum Gasteiger partial charge on any atom is -0.458 e. The van der Waals surface area contributed by atoms with Crippen LogP contribution in [-0.2, 0) is 14.3 Å². The minimum atomic E-state index is -1.29. The van der Waals surface area contributed by atoms with Crippen LogP contribution in [0, 0.1) is 17.6 Å². The molecule has 0 spiro atoms. The highest BCUT2D eigenvalue weighted by Gasteiger charge is 2.28. The summed E-state index contributed by atoms with van der Waals surface area (Å²) in [5.41, 5.74) is -0.422. The molecule has 0 saturated heterocycles. The van der Waals surface area contributed by atoms with E-state index < -0.39 is 48.2 Å². The van der Waals surface area contributed by atoms with Crippen LogP contribution >= 0.6 is 0 Å². The first-order chi connectivity index (χ1) is 14.3. The van der Waals surface area contributed by atoms with Crippen LogP contribution in [0.25, 0.3) is 0 Å². The van der Waals surface area contributed by atoms with Crippen molar-refractivity contribution in [2.75, 3.05) is 13.2 Å². The molecule has 0 N–H and O–H groups in total. The summed E-state index contributed by atoms with van der Waals surface area (Å²) in [7, 11) is 0. The Balaban J connectivity index is 1.95. The van der Waals surface area contributed by atoms with Crippen molar-refractivity contribution < 1.29 is 32.2 Å². The van der Waals surface area contributed by atoms with Crippen molar-refractivity contribution in [2.45, 2.75) is 64.2 Å². The molecule has 1 aromatic carbocycles. The van der Waals surface area contributed by atoms with Crippen molar-refractivity contribution in [2.24, 2.45) is 5.92 Å². The zero-order valence-electron chi connectivity index (χ0n) is 17.4. The average Bonchev–Trinajstić information content (AvgIpc) is 2.72. The van der Waals surface area contributed by atoms with Crippen molar-refractivity contribution in [1.82, 2.24) is 0 Å². The molecule has 166 valence electrons. The zero-order valence-corrected chi connectivity index (χ0v) is 17.4. The molecule has 1 aliphatic rings. The molecule has 0 aliphatic heterocycles. The smallest absolute Gasteiger partial charge is 0.366 e. The second-order valence-corrected chi connectivity index (χ2v) is 7.72. The molecule has 0 amide bonds. The fourth-order valence-electron chi connectivity index (χ4n) is 3.94. The molecule has 0 bridgehead atoms. The van der Waals surface area contributed by atoms with E-state index in [9.17, 15) is 22.8 Å². The van der Waals surface area contributed by atoms with Gasteiger partial charge in [0.15, 0.2) is 0 Å². The van der Waals surface area contributed by atoms with Crippen LogP contribution < -0.4 is 0 Å². The summed E-state index contributed by atoms with van der Waals surface area (Å²) < 4.78 is 50.8. The summed E-state index contributed by atoms with van der Waals surface area (Å²) in [5, 5.41) is 0. The standard InChI is InChI=1S/C23H29F3O4/c1-3-4-5-6-16-7-9-17(10-8-16)18-11-12-19(25)20(21(18)26)23(28)30-14-13-29-22(27)15(2)24/h11-12,16-17H,2-10,13-14H2,1H3. The molecule has 30 heavy (non-hydrogen) atoms. The van der Waals surface area contributed by atoms with Gasteiger partial charge in [-0.05, 0) is 49.1 Å². The van der Waals surface area contributed by atoms with Gasteiger partial charge in [0.05, 0.1) is 0 Å². The molecule has 0 atom stereocenters. The number of halogens is 3. The Hall–Kier alpha value is -2.31. The molecular formula is C23H29F3O4. The largest absolute Gasteiger partial charge is 0.458 e. The maximum absolute atomic E-state index is 15.0. The second-order valence-electron chi connectivity index (χ2n) is 7.72. The Morgan fingerprint density at radius 3 is 2.37 bits per heavy atom. The fourth-order valence-corrected chi connectivity index (χ4v) is 3.94. The van der Waals surface area contributed by atoms with Gasteiger partial charge in [0.2, 0.25) is 5.83 Å². The van der Waals surface area contributed by atoms with Crippen molar-refractivity contribution in [3.63, 3.8) is 0 Å². The Bertz CT molecular complexity index is 755. The summed E-state index contributed by atoms with van der Waals surface area (Å²) >= 11 is 0. The second kappa shape index (κ2) is 11.8. The van der Waals surface area contributed by atoms with Gasteiger partial charge in [0, 0.05) is 0 Å². The number of benzene rings is 1. The lowest BCUT2D eigenvalue weighted by molar-refractivity contribution is -0.141. The minimum absolute atomic E-state index is 0.0592. The van der Waals surface area contributed by atoms with Crippen LogP contribution in [0.15, 0.2) is 24.5 Å².